The highest BCUT2D eigenvalue weighted by molar-refractivity contribution is 9.10. The summed E-state index contributed by atoms with van der Waals surface area (Å²) in [6, 6.07) is 9.52. The van der Waals surface area contributed by atoms with E-state index in [9.17, 15) is 13.2 Å². The summed E-state index contributed by atoms with van der Waals surface area (Å²) in [5, 5.41) is 15.2. The standard InChI is InChI=1S/C21H18BrClF3N7O2/c22-13-5-4-11(16(23)8-13)6-14-9-34-32-19(30-14)17(33-10-29-31-20(33)28)18(27)35-15-3-1-2-12(7-15)21(24,25)26/h1-5,7-8,10,14H,6,9,27H2,(H2,28,31)(H,30,32)/b18-17+. The molecule has 0 aliphatic carbocycles. The van der Waals surface area contributed by atoms with Crippen molar-refractivity contribution in [3.8, 4) is 5.75 Å². The number of aromatic nitrogens is 3. The van der Waals surface area contributed by atoms with Gasteiger partial charge >= 0.3 is 6.18 Å². The smallest absolute Gasteiger partial charge is 0.416 e. The second-order valence-corrected chi connectivity index (χ2v) is 8.74. The van der Waals surface area contributed by atoms with Crippen molar-refractivity contribution in [3.63, 3.8) is 0 Å². The number of rotatable bonds is 6. The van der Waals surface area contributed by atoms with Gasteiger partial charge in [-0.25, -0.2) is 0 Å². The third-order valence-corrected chi connectivity index (χ3v) is 5.76. The Balaban J connectivity index is 1.65. The Morgan fingerprint density at radius 3 is 2.77 bits per heavy atom. The van der Waals surface area contributed by atoms with Crippen LogP contribution in [0.2, 0.25) is 5.02 Å². The lowest BCUT2D eigenvalue weighted by atomic mass is 10.1. The number of hydrogen-bond donors (Lipinski definition) is 3. The van der Waals surface area contributed by atoms with Gasteiger partial charge in [0.1, 0.15) is 18.7 Å². The summed E-state index contributed by atoms with van der Waals surface area (Å²) in [6.45, 7) is 0.217. The van der Waals surface area contributed by atoms with Gasteiger partial charge in [-0.15, -0.1) is 10.2 Å². The first-order valence-corrected chi connectivity index (χ1v) is 11.2. The lowest BCUT2D eigenvalue weighted by molar-refractivity contribution is -0.137. The molecule has 1 unspecified atom stereocenters. The molecule has 0 bridgehead atoms. The van der Waals surface area contributed by atoms with E-state index in [2.05, 4.69) is 36.6 Å². The van der Waals surface area contributed by atoms with Crippen LogP contribution >= 0.6 is 27.5 Å². The Morgan fingerprint density at radius 2 is 2.09 bits per heavy atom. The molecule has 2 heterocycles. The topological polar surface area (TPSA) is 126 Å². The summed E-state index contributed by atoms with van der Waals surface area (Å²) in [5.41, 5.74) is 12.1. The summed E-state index contributed by atoms with van der Waals surface area (Å²) in [5.74, 6) is -0.395. The Labute approximate surface area is 210 Å². The van der Waals surface area contributed by atoms with Crippen molar-refractivity contribution in [3.05, 3.63) is 75.3 Å². The van der Waals surface area contributed by atoms with E-state index in [-0.39, 0.29) is 41.8 Å². The molecular formula is C21H18BrClF3N7O2. The van der Waals surface area contributed by atoms with Crippen molar-refractivity contribution in [2.45, 2.75) is 18.6 Å². The number of alkyl halides is 3. The van der Waals surface area contributed by atoms with Gasteiger partial charge < -0.3 is 26.4 Å². The first-order valence-electron chi connectivity index (χ1n) is 10.0. The summed E-state index contributed by atoms with van der Waals surface area (Å²) < 4.78 is 47.0. The van der Waals surface area contributed by atoms with E-state index < -0.39 is 11.7 Å². The second kappa shape index (κ2) is 10.0. The van der Waals surface area contributed by atoms with Gasteiger partial charge in [0.05, 0.1) is 11.6 Å². The zero-order valence-electron chi connectivity index (χ0n) is 17.8. The fraction of sp³-hybridized carbons (Fsp3) is 0.190. The molecule has 0 radical (unpaired) electrons. The van der Waals surface area contributed by atoms with E-state index in [1.807, 2.05) is 12.1 Å². The number of ether oxygens (including phenoxy) is 1. The number of nitrogens with zero attached hydrogens (tertiary/aromatic N) is 4. The lowest BCUT2D eigenvalue weighted by Crippen LogP contribution is -2.45. The predicted molar refractivity (Wildman–Crippen MR) is 127 cm³/mol. The van der Waals surface area contributed by atoms with Crippen LogP contribution in [0, 0.1) is 0 Å². The molecule has 184 valence electrons. The summed E-state index contributed by atoms with van der Waals surface area (Å²) in [4.78, 5) is 5.40. The number of amidine groups is 1. The molecule has 0 amide bonds. The van der Waals surface area contributed by atoms with Gasteiger partial charge in [-0.3, -0.25) is 4.57 Å². The van der Waals surface area contributed by atoms with Gasteiger partial charge in [-0.1, -0.05) is 44.8 Å². The SMILES string of the molecule is N/C(Oc1cccc(C(F)(F)F)c1)=C(/C1=NOCC(Cc2ccc(Br)cc2Cl)N1)n1cnnc1N. The van der Waals surface area contributed by atoms with Crippen LogP contribution in [0.1, 0.15) is 11.1 Å². The van der Waals surface area contributed by atoms with Crippen LogP contribution in [-0.2, 0) is 17.4 Å². The molecule has 1 aliphatic heterocycles. The monoisotopic (exact) mass is 571 g/mol. The van der Waals surface area contributed by atoms with Crippen molar-refractivity contribution in [2.75, 3.05) is 12.3 Å². The molecule has 14 heteroatoms. The van der Waals surface area contributed by atoms with Gasteiger partial charge in [-0.05, 0) is 42.3 Å². The maximum absolute atomic E-state index is 13.1. The van der Waals surface area contributed by atoms with Gasteiger partial charge in [0.15, 0.2) is 11.5 Å². The van der Waals surface area contributed by atoms with Crippen molar-refractivity contribution in [2.24, 2.45) is 10.9 Å². The molecule has 5 N–H and O–H groups in total. The highest BCUT2D eigenvalue weighted by Gasteiger charge is 2.31. The van der Waals surface area contributed by atoms with Crippen LogP contribution in [0.15, 0.2) is 64.3 Å². The molecule has 2 aromatic carbocycles. The van der Waals surface area contributed by atoms with Crippen molar-refractivity contribution < 1.29 is 22.7 Å². The molecule has 9 nitrogen and oxygen atoms in total. The number of nitrogens with two attached hydrogens (primary N) is 2. The molecule has 1 atom stereocenters. The first kappa shape index (κ1) is 24.7. The molecule has 0 fully saturated rings. The minimum absolute atomic E-state index is 0.0523. The van der Waals surface area contributed by atoms with E-state index in [0.717, 1.165) is 22.2 Å². The summed E-state index contributed by atoms with van der Waals surface area (Å²) in [6.07, 6.45) is -2.82. The Kier molecular flexibility index (Phi) is 7.08. The summed E-state index contributed by atoms with van der Waals surface area (Å²) >= 11 is 9.71. The molecule has 1 aromatic heterocycles. The van der Waals surface area contributed by atoms with Crippen molar-refractivity contribution in [1.82, 2.24) is 20.1 Å². The third-order valence-electron chi connectivity index (χ3n) is 4.92. The highest BCUT2D eigenvalue weighted by atomic mass is 79.9. The minimum Gasteiger partial charge on any atom is -0.439 e. The fourth-order valence-electron chi connectivity index (χ4n) is 3.30. The normalized spacial score (nSPS) is 16.6. The molecule has 0 spiro atoms. The van der Waals surface area contributed by atoms with Crippen LogP contribution in [0.25, 0.3) is 5.70 Å². The minimum atomic E-state index is -4.55. The zero-order chi connectivity index (χ0) is 25.2. The van der Waals surface area contributed by atoms with Crippen molar-refractivity contribution >= 4 is 45.0 Å². The average molecular weight is 573 g/mol. The van der Waals surface area contributed by atoms with Gasteiger partial charge in [0.25, 0.3) is 0 Å². The molecular weight excluding hydrogens is 555 g/mol. The zero-order valence-corrected chi connectivity index (χ0v) is 20.1. The molecule has 35 heavy (non-hydrogen) atoms. The Hall–Kier alpha value is -3.45. The first-order chi connectivity index (χ1) is 16.6. The van der Waals surface area contributed by atoms with E-state index in [4.69, 9.17) is 32.6 Å². The van der Waals surface area contributed by atoms with Crippen LogP contribution in [0.5, 0.6) is 5.75 Å². The molecule has 4 rings (SSSR count). The number of hydrogen-bond acceptors (Lipinski definition) is 8. The van der Waals surface area contributed by atoms with Crippen LogP contribution in [-0.4, -0.2) is 33.2 Å². The molecule has 0 saturated carbocycles. The van der Waals surface area contributed by atoms with Gasteiger partial charge in [-0.2, -0.15) is 13.2 Å². The van der Waals surface area contributed by atoms with Gasteiger partial charge in [0.2, 0.25) is 11.8 Å². The highest BCUT2D eigenvalue weighted by Crippen LogP contribution is 2.32. The molecule has 1 aliphatic rings. The largest absolute Gasteiger partial charge is 0.439 e. The predicted octanol–water partition coefficient (Wildman–Crippen LogP) is 4.00. The lowest BCUT2D eigenvalue weighted by Gasteiger charge is -2.26. The van der Waals surface area contributed by atoms with Crippen molar-refractivity contribution in [1.29, 1.82) is 0 Å². The molecule has 0 saturated heterocycles. The Morgan fingerprint density at radius 1 is 1.29 bits per heavy atom. The number of benzene rings is 2. The number of nitrogen functional groups attached to an aromatic ring is 1. The third kappa shape index (κ3) is 5.80. The van der Waals surface area contributed by atoms with Crippen LogP contribution in [0.4, 0.5) is 19.1 Å². The summed E-state index contributed by atoms with van der Waals surface area (Å²) in [7, 11) is 0. The quantitative estimate of drug-likeness (QED) is 0.381. The number of oxime groups is 1. The second-order valence-electron chi connectivity index (χ2n) is 7.42. The number of halogens is 5. The van der Waals surface area contributed by atoms with E-state index in [1.54, 1.807) is 6.07 Å². The van der Waals surface area contributed by atoms with Crippen LogP contribution in [0.3, 0.4) is 0 Å². The average Bonchev–Trinajstić information content (AvgIpc) is 3.21. The maximum atomic E-state index is 13.1. The Bertz CT molecular complexity index is 1300. The number of anilines is 1. The van der Waals surface area contributed by atoms with E-state index in [0.29, 0.717) is 11.4 Å². The van der Waals surface area contributed by atoms with E-state index in [1.165, 1.54) is 23.0 Å². The van der Waals surface area contributed by atoms with Crippen LogP contribution < -0.4 is 21.5 Å². The fourth-order valence-corrected chi connectivity index (χ4v) is 4.05. The van der Waals surface area contributed by atoms with E-state index >= 15 is 0 Å². The number of nitrogens with one attached hydrogen (secondary N) is 1. The maximum Gasteiger partial charge on any atom is 0.416 e. The molecule has 3 aromatic rings. The van der Waals surface area contributed by atoms with Gasteiger partial charge in [0, 0.05) is 9.50 Å².